The molecule has 0 amide bonds. The predicted octanol–water partition coefficient (Wildman–Crippen LogP) is 1.03. The van der Waals surface area contributed by atoms with Crippen LogP contribution in [0.4, 0.5) is 4.39 Å². The maximum absolute atomic E-state index is 13.3. The summed E-state index contributed by atoms with van der Waals surface area (Å²) in [4.78, 5) is 2.08. The smallest absolute Gasteiger partial charge is 0.123 e. The first-order valence-corrected chi connectivity index (χ1v) is 5.99. The molecule has 2 rings (SSSR count). The van der Waals surface area contributed by atoms with Crippen LogP contribution >= 0.6 is 0 Å². The largest absolute Gasteiger partial charge is 0.496 e. The second kappa shape index (κ2) is 6.13. The fourth-order valence-corrected chi connectivity index (χ4v) is 2.16. The third-order valence-electron chi connectivity index (χ3n) is 3.18. The predicted molar refractivity (Wildman–Crippen MR) is 65.1 cm³/mol. The highest BCUT2D eigenvalue weighted by atomic mass is 19.1. The van der Waals surface area contributed by atoms with Crippen molar-refractivity contribution in [3.05, 3.63) is 29.6 Å². The number of ether oxygens (including phenoxy) is 2. The second-order valence-corrected chi connectivity index (χ2v) is 4.34. The van der Waals surface area contributed by atoms with Crippen molar-refractivity contribution >= 4 is 0 Å². The van der Waals surface area contributed by atoms with E-state index in [0.717, 1.165) is 12.1 Å². The number of rotatable bonds is 4. The normalized spacial score (nSPS) is 20.9. The Morgan fingerprint density at radius 2 is 2.39 bits per heavy atom. The molecule has 0 aliphatic carbocycles. The molecule has 0 spiro atoms. The molecule has 5 heteroatoms. The highest BCUT2D eigenvalue weighted by molar-refractivity contribution is 5.33. The molecule has 100 valence electrons. The molecule has 0 aromatic heterocycles. The average molecular weight is 255 g/mol. The first-order valence-electron chi connectivity index (χ1n) is 5.99. The van der Waals surface area contributed by atoms with Crippen LogP contribution in [0.1, 0.15) is 5.56 Å². The number of nitrogens with zero attached hydrogens (tertiary/aromatic N) is 1. The minimum atomic E-state index is -0.278. The van der Waals surface area contributed by atoms with Gasteiger partial charge < -0.3 is 14.6 Å². The number of hydrogen-bond donors (Lipinski definition) is 1. The fraction of sp³-hybridized carbons (Fsp3) is 0.538. The lowest BCUT2D eigenvalue weighted by Gasteiger charge is -2.34. The summed E-state index contributed by atoms with van der Waals surface area (Å²) in [5.74, 6) is 0.388. The standard InChI is InChI=1S/C13H18FNO3/c1-17-13-3-2-11(14)6-10(13)7-15-4-5-18-9-12(15)8-16/h2-3,6,12,16H,4-5,7-9H2,1H3/t12-/m0/s1. The van der Waals surface area contributed by atoms with Gasteiger partial charge in [-0.05, 0) is 18.2 Å². The van der Waals surface area contributed by atoms with Crippen LogP contribution in [0, 0.1) is 5.82 Å². The van der Waals surface area contributed by atoms with E-state index < -0.39 is 0 Å². The van der Waals surface area contributed by atoms with E-state index in [1.165, 1.54) is 12.1 Å². The van der Waals surface area contributed by atoms with Crippen LogP contribution in [0.2, 0.25) is 0 Å². The lowest BCUT2D eigenvalue weighted by molar-refractivity contribution is -0.0315. The molecule has 0 bridgehead atoms. The molecule has 0 radical (unpaired) electrons. The van der Waals surface area contributed by atoms with Crippen LogP contribution in [0.25, 0.3) is 0 Å². The van der Waals surface area contributed by atoms with Crippen molar-refractivity contribution in [1.82, 2.24) is 4.90 Å². The second-order valence-electron chi connectivity index (χ2n) is 4.34. The van der Waals surface area contributed by atoms with E-state index in [-0.39, 0.29) is 18.5 Å². The van der Waals surface area contributed by atoms with E-state index >= 15 is 0 Å². The molecule has 4 nitrogen and oxygen atoms in total. The summed E-state index contributed by atoms with van der Waals surface area (Å²) >= 11 is 0. The molecule has 1 saturated heterocycles. The van der Waals surface area contributed by atoms with Crippen LogP contribution < -0.4 is 4.74 Å². The minimum absolute atomic E-state index is 0.0354. The molecule has 1 aromatic rings. The van der Waals surface area contributed by atoms with Crippen molar-refractivity contribution in [3.63, 3.8) is 0 Å². The lowest BCUT2D eigenvalue weighted by atomic mass is 10.1. The van der Waals surface area contributed by atoms with Crippen molar-refractivity contribution < 1.29 is 19.0 Å². The van der Waals surface area contributed by atoms with Crippen molar-refractivity contribution in [3.8, 4) is 5.75 Å². The third kappa shape index (κ3) is 2.98. The zero-order valence-electron chi connectivity index (χ0n) is 10.4. The molecule has 18 heavy (non-hydrogen) atoms. The molecule has 1 aliphatic heterocycles. The van der Waals surface area contributed by atoms with E-state index in [2.05, 4.69) is 4.90 Å². The average Bonchev–Trinajstić information content (AvgIpc) is 2.40. The van der Waals surface area contributed by atoms with Crippen molar-refractivity contribution in [2.75, 3.05) is 33.5 Å². The van der Waals surface area contributed by atoms with Crippen molar-refractivity contribution in [2.45, 2.75) is 12.6 Å². The fourth-order valence-electron chi connectivity index (χ4n) is 2.16. The molecule has 1 fully saturated rings. The molecule has 1 N–H and O–H groups in total. The van der Waals surface area contributed by atoms with Crippen LogP contribution in [-0.4, -0.2) is 49.5 Å². The minimum Gasteiger partial charge on any atom is -0.496 e. The van der Waals surface area contributed by atoms with E-state index in [1.54, 1.807) is 13.2 Å². The summed E-state index contributed by atoms with van der Waals surface area (Å²) in [6, 6.07) is 4.44. The Labute approximate surface area is 106 Å². The first kappa shape index (κ1) is 13.3. The number of benzene rings is 1. The van der Waals surface area contributed by atoms with Gasteiger partial charge in [0.25, 0.3) is 0 Å². The van der Waals surface area contributed by atoms with Gasteiger partial charge in [0.1, 0.15) is 11.6 Å². The number of aliphatic hydroxyl groups is 1. The Balaban J connectivity index is 2.14. The summed E-state index contributed by atoms with van der Waals surface area (Å²) < 4.78 is 23.8. The van der Waals surface area contributed by atoms with Gasteiger partial charge in [0.05, 0.1) is 33.0 Å². The van der Waals surface area contributed by atoms with E-state index in [0.29, 0.717) is 25.5 Å². The number of methoxy groups -OCH3 is 1. The SMILES string of the molecule is COc1ccc(F)cc1CN1CCOC[C@@H]1CO. The van der Waals surface area contributed by atoms with Crippen LogP contribution in [0.5, 0.6) is 5.75 Å². The molecule has 1 heterocycles. The maximum atomic E-state index is 13.3. The van der Waals surface area contributed by atoms with Crippen molar-refractivity contribution in [2.24, 2.45) is 0 Å². The van der Waals surface area contributed by atoms with Crippen LogP contribution in [0.3, 0.4) is 0 Å². The third-order valence-corrected chi connectivity index (χ3v) is 3.18. The summed E-state index contributed by atoms with van der Waals surface area (Å²) in [5.41, 5.74) is 0.790. The van der Waals surface area contributed by atoms with Gasteiger partial charge in [0.15, 0.2) is 0 Å². The van der Waals surface area contributed by atoms with Gasteiger partial charge >= 0.3 is 0 Å². The molecular formula is C13H18FNO3. The van der Waals surface area contributed by atoms with E-state index in [1.807, 2.05) is 0 Å². The zero-order chi connectivity index (χ0) is 13.0. The van der Waals surface area contributed by atoms with Gasteiger partial charge in [0, 0.05) is 18.7 Å². The van der Waals surface area contributed by atoms with Gasteiger partial charge in [-0.25, -0.2) is 4.39 Å². The monoisotopic (exact) mass is 255 g/mol. The van der Waals surface area contributed by atoms with Gasteiger partial charge in [-0.2, -0.15) is 0 Å². The molecule has 0 saturated carbocycles. The molecule has 1 aliphatic rings. The van der Waals surface area contributed by atoms with E-state index in [4.69, 9.17) is 9.47 Å². The van der Waals surface area contributed by atoms with Gasteiger partial charge in [-0.15, -0.1) is 0 Å². The Bertz CT molecular complexity index is 400. The summed E-state index contributed by atoms with van der Waals surface area (Å²) in [7, 11) is 1.57. The summed E-state index contributed by atoms with van der Waals surface area (Å²) in [6.07, 6.45) is 0. The Hall–Kier alpha value is -1.17. The van der Waals surface area contributed by atoms with E-state index in [9.17, 15) is 9.50 Å². The van der Waals surface area contributed by atoms with Crippen LogP contribution in [-0.2, 0) is 11.3 Å². The summed E-state index contributed by atoms with van der Waals surface area (Å²) in [6.45, 7) is 2.46. The molecule has 1 aromatic carbocycles. The van der Waals surface area contributed by atoms with Crippen molar-refractivity contribution in [1.29, 1.82) is 0 Å². The highest BCUT2D eigenvalue weighted by Crippen LogP contribution is 2.22. The molecular weight excluding hydrogens is 237 g/mol. The molecule has 0 unspecified atom stereocenters. The maximum Gasteiger partial charge on any atom is 0.123 e. The topological polar surface area (TPSA) is 41.9 Å². The summed E-state index contributed by atoms with van der Waals surface area (Å²) in [5, 5.41) is 9.29. The Kier molecular flexibility index (Phi) is 4.52. The number of aliphatic hydroxyl groups excluding tert-OH is 1. The van der Waals surface area contributed by atoms with Gasteiger partial charge in [-0.3, -0.25) is 4.90 Å². The number of halogens is 1. The van der Waals surface area contributed by atoms with Gasteiger partial charge in [-0.1, -0.05) is 0 Å². The number of morpholine rings is 1. The molecule has 1 atom stereocenters. The van der Waals surface area contributed by atoms with Gasteiger partial charge in [0.2, 0.25) is 0 Å². The quantitative estimate of drug-likeness (QED) is 0.872. The Morgan fingerprint density at radius 3 is 3.11 bits per heavy atom. The Morgan fingerprint density at radius 1 is 1.56 bits per heavy atom. The lowest BCUT2D eigenvalue weighted by Crippen LogP contribution is -2.46. The number of hydrogen-bond acceptors (Lipinski definition) is 4. The highest BCUT2D eigenvalue weighted by Gasteiger charge is 2.23. The van der Waals surface area contributed by atoms with Crippen LogP contribution in [0.15, 0.2) is 18.2 Å². The first-order chi connectivity index (χ1) is 8.74. The zero-order valence-corrected chi connectivity index (χ0v) is 10.4.